The van der Waals surface area contributed by atoms with E-state index in [2.05, 4.69) is 15.1 Å². The van der Waals surface area contributed by atoms with Crippen LogP contribution in [0.25, 0.3) is 0 Å². The maximum Gasteiger partial charge on any atom is 0.292 e. The highest BCUT2D eigenvalue weighted by atomic mass is 16.5. The van der Waals surface area contributed by atoms with Gasteiger partial charge in [-0.05, 0) is 0 Å². The van der Waals surface area contributed by atoms with Crippen molar-refractivity contribution in [2.75, 3.05) is 31.1 Å². The molecule has 3 heterocycles. The maximum absolute atomic E-state index is 12.4. The van der Waals surface area contributed by atoms with Gasteiger partial charge in [-0.25, -0.2) is 4.98 Å². The molecule has 0 aliphatic carbocycles. The summed E-state index contributed by atoms with van der Waals surface area (Å²) in [6.07, 6.45) is 1.84. The molecule has 1 aliphatic rings. The largest absolute Gasteiger partial charge is 0.389 e. The van der Waals surface area contributed by atoms with Gasteiger partial charge in [-0.2, -0.15) is 5.16 Å². The number of aliphatic hydroxyl groups excluding tert-OH is 1. The average Bonchev–Trinajstić information content (AvgIpc) is 2.92. The van der Waals surface area contributed by atoms with Gasteiger partial charge in [0.2, 0.25) is 5.76 Å². The molecule has 0 unspecified atom stereocenters. The minimum absolute atomic E-state index is 0.0123. The van der Waals surface area contributed by atoms with Crippen LogP contribution in [0.3, 0.4) is 0 Å². The second-order valence-electron chi connectivity index (χ2n) is 5.55. The van der Waals surface area contributed by atoms with E-state index in [0.717, 1.165) is 6.07 Å². The number of aromatic nitrogens is 3. The maximum atomic E-state index is 12.4. The molecule has 1 aliphatic heterocycles. The van der Waals surface area contributed by atoms with E-state index < -0.39 is 23.5 Å². The van der Waals surface area contributed by atoms with Crippen molar-refractivity contribution in [3.8, 4) is 0 Å². The number of carbonyl (C=O) groups is 2. The number of nitrogens with zero attached hydrogens (tertiary/aromatic N) is 4. The predicted octanol–water partition coefficient (Wildman–Crippen LogP) is -1.82. The zero-order valence-corrected chi connectivity index (χ0v) is 13.1. The molecular formula is C14H16N6O5. The summed E-state index contributed by atoms with van der Waals surface area (Å²) >= 11 is 0. The lowest BCUT2D eigenvalue weighted by Crippen LogP contribution is -2.37. The zero-order valence-electron chi connectivity index (χ0n) is 13.1. The summed E-state index contributed by atoms with van der Waals surface area (Å²) in [6.45, 7) is 0.854. The Morgan fingerprint density at radius 3 is 2.80 bits per heavy atom. The highest BCUT2D eigenvalue weighted by molar-refractivity contribution is 5.91. The van der Waals surface area contributed by atoms with Gasteiger partial charge in [0, 0.05) is 26.2 Å². The van der Waals surface area contributed by atoms with Crippen LogP contribution in [0.2, 0.25) is 0 Å². The topological polar surface area (TPSA) is 159 Å². The molecule has 0 aromatic carbocycles. The number of nitrogens with two attached hydrogens (primary N) is 1. The van der Waals surface area contributed by atoms with Crippen molar-refractivity contribution in [2.24, 2.45) is 5.73 Å². The van der Waals surface area contributed by atoms with E-state index >= 15 is 0 Å². The Morgan fingerprint density at radius 2 is 2.12 bits per heavy atom. The van der Waals surface area contributed by atoms with Crippen molar-refractivity contribution in [1.82, 2.24) is 20.0 Å². The van der Waals surface area contributed by atoms with Crippen LogP contribution in [0.1, 0.15) is 21.0 Å². The first kappa shape index (κ1) is 16.6. The molecule has 1 saturated heterocycles. The molecule has 2 amide bonds. The van der Waals surface area contributed by atoms with Crippen LogP contribution < -0.4 is 16.2 Å². The fourth-order valence-electron chi connectivity index (χ4n) is 2.55. The van der Waals surface area contributed by atoms with E-state index in [1.165, 1.54) is 17.3 Å². The summed E-state index contributed by atoms with van der Waals surface area (Å²) in [5.41, 5.74) is 4.69. The van der Waals surface area contributed by atoms with Gasteiger partial charge in [-0.15, -0.1) is 0 Å². The third-order valence-corrected chi connectivity index (χ3v) is 3.72. The van der Waals surface area contributed by atoms with E-state index in [0.29, 0.717) is 12.4 Å². The summed E-state index contributed by atoms with van der Waals surface area (Å²) in [4.78, 5) is 45.8. The van der Waals surface area contributed by atoms with Crippen LogP contribution >= 0.6 is 0 Å². The number of aromatic amines is 1. The SMILES string of the molecule is NC(=O)c1cncc(N2CCN(C(=O)c3cc(=O)[nH]o3)C[C@H](O)C2)n1. The Kier molecular flexibility index (Phi) is 4.48. The van der Waals surface area contributed by atoms with Gasteiger partial charge in [-0.1, -0.05) is 0 Å². The number of aliphatic hydroxyl groups is 1. The first-order chi connectivity index (χ1) is 11.9. The zero-order chi connectivity index (χ0) is 18.0. The monoisotopic (exact) mass is 348 g/mol. The molecule has 0 bridgehead atoms. The highest BCUT2D eigenvalue weighted by Gasteiger charge is 2.28. The highest BCUT2D eigenvalue weighted by Crippen LogP contribution is 2.15. The molecule has 4 N–H and O–H groups in total. The first-order valence-corrected chi connectivity index (χ1v) is 7.46. The van der Waals surface area contributed by atoms with Crippen molar-refractivity contribution >= 4 is 17.6 Å². The Balaban J connectivity index is 1.77. The van der Waals surface area contributed by atoms with Gasteiger partial charge < -0.3 is 25.2 Å². The number of rotatable bonds is 3. The number of carbonyl (C=O) groups excluding carboxylic acids is 2. The lowest BCUT2D eigenvalue weighted by Gasteiger charge is -2.22. The van der Waals surface area contributed by atoms with Crippen LogP contribution in [0.15, 0.2) is 27.8 Å². The van der Waals surface area contributed by atoms with Crippen LogP contribution in [-0.2, 0) is 0 Å². The number of nitrogens with one attached hydrogen (secondary N) is 1. The van der Waals surface area contributed by atoms with Crippen molar-refractivity contribution in [2.45, 2.75) is 6.10 Å². The molecule has 1 atom stereocenters. The molecule has 11 nitrogen and oxygen atoms in total. The first-order valence-electron chi connectivity index (χ1n) is 7.46. The third-order valence-electron chi connectivity index (χ3n) is 3.72. The number of H-pyrrole nitrogens is 1. The quantitative estimate of drug-likeness (QED) is 0.585. The van der Waals surface area contributed by atoms with Gasteiger partial charge in [0.15, 0.2) is 0 Å². The Labute approximate surface area is 141 Å². The molecule has 1 fully saturated rings. The van der Waals surface area contributed by atoms with Crippen LogP contribution in [0.4, 0.5) is 5.82 Å². The molecule has 0 radical (unpaired) electrons. The Hall–Kier alpha value is -3.21. The summed E-state index contributed by atoms with van der Waals surface area (Å²) in [6, 6.07) is 1.05. The number of β-amino-alcohol motifs (C(OH)–C–C–N with tert-alkyl or cyclic N) is 1. The predicted molar refractivity (Wildman–Crippen MR) is 84.0 cm³/mol. The second kappa shape index (κ2) is 6.73. The molecule has 3 rings (SSSR count). The molecule has 11 heteroatoms. The molecular weight excluding hydrogens is 332 g/mol. The number of anilines is 1. The summed E-state index contributed by atoms with van der Waals surface area (Å²) in [5, 5.41) is 12.2. The van der Waals surface area contributed by atoms with Crippen molar-refractivity contribution in [3.63, 3.8) is 0 Å². The van der Waals surface area contributed by atoms with E-state index in [-0.39, 0.29) is 31.1 Å². The van der Waals surface area contributed by atoms with E-state index in [1.807, 2.05) is 0 Å². The van der Waals surface area contributed by atoms with Gasteiger partial charge >= 0.3 is 0 Å². The van der Waals surface area contributed by atoms with E-state index in [9.17, 15) is 19.5 Å². The van der Waals surface area contributed by atoms with Gasteiger partial charge in [0.25, 0.3) is 17.4 Å². The lowest BCUT2D eigenvalue weighted by molar-refractivity contribution is 0.0634. The normalized spacial score (nSPS) is 18.0. The van der Waals surface area contributed by atoms with Crippen molar-refractivity contribution in [1.29, 1.82) is 0 Å². The Morgan fingerprint density at radius 1 is 1.32 bits per heavy atom. The standard InChI is InChI=1S/C14H16N6O5/c15-13(23)9-4-16-5-11(17-9)19-1-2-20(7-8(21)6-19)14(24)10-3-12(22)18-25-10/h3-5,8,21H,1-2,6-7H2,(H2,15,23)(H,18,22)/t8-/m1/s1. The third kappa shape index (κ3) is 3.66. The minimum Gasteiger partial charge on any atom is -0.389 e. The van der Waals surface area contributed by atoms with Gasteiger partial charge in [0.1, 0.15) is 11.5 Å². The Bertz CT molecular complexity index is 846. The number of hydrogen-bond donors (Lipinski definition) is 3. The fraction of sp³-hybridized carbons (Fsp3) is 0.357. The molecule has 2 aromatic rings. The minimum atomic E-state index is -0.865. The smallest absolute Gasteiger partial charge is 0.292 e. The molecule has 0 saturated carbocycles. The fourth-order valence-corrected chi connectivity index (χ4v) is 2.55. The molecule has 2 aromatic heterocycles. The summed E-state index contributed by atoms with van der Waals surface area (Å²) in [5.74, 6) is -0.959. The van der Waals surface area contributed by atoms with E-state index in [1.54, 1.807) is 4.90 Å². The second-order valence-corrected chi connectivity index (χ2v) is 5.55. The number of primary amides is 1. The van der Waals surface area contributed by atoms with Gasteiger partial charge in [-0.3, -0.25) is 19.4 Å². The van der Waals surface area contributed by atoms with Gasteiger partial charge in [0.05, 0.1) is 24.6 Å². The summed E-state index contributed by atoms with van der Waals surface area (Å²) in [7, 11) is 0. The average molecular weight is 348 g/mol. The number of amides is 2. The number of hydrogen-bond acceptors (Lipinski definition) is 8. The van der Waals surface area contributed by atoms with Crippen LogP contribution in [0, 0.1) is 0 Å². The van der Waals surface area contributed by atoms with Crippen LogP contribution in [0.5, 0.6) is 0 Å². The molecule has 25 heavy (non-hydrogen) atoms. The molecule has 0 spiro atoms. The molecule has 132 valence electrons. The van der Waals surface area contributed by atoms with Crippen molar-refractivity contribution < 1.29 is 19.2 Å². The van der Waals surface area contributed by atoms with Crippen LogP contribution in [-0.4, -0.2) is 69.2 Å². The lowest BCUT2D eigenvalue weighted by atomic mass is 10.3. The van der Waals surface area contributed by atoms with E-state index in [4.69, 9.17) is 10.3 Å². The van der Waals surface area contributed by atoms with Crippen molar-refractivity contribution in [3.05, 3.63) is 40.3 Å². The summed E-state index contributed by atoms with van der Waals surface area (Å²) < 4.78 is 4.81.